The molecule has 2 nitrogen and oxygen atoms in total. The highest BCUT2D eigenvalue weighted by Crippen LogP contribution is 2.24. The van der Waals surface area contributed by atoms with Gasteiger partial charge in [-0.1, -0.05) is 135 Å². The van der Waals surface area contributed by atoms with Crippen LogP contribution in [0.3, 0.4) is 0 Å². The van der Waals surface area contributed by atoms with Gasteiger partial charge in [0, 0.05) is 6.21 Å². The summed E-state index contributed by atoms with van der Waals surface area (Å²) >= 11 is 0. The van der Waals surface area contributed by atoms with Crippen LogP contribution in [0.1, 0.15) is 166 Å². The van der Waals surface area contributed by atoms with Crippen LogP contribution in [-0.4, -0.2) is 11.9 Å². The Morgan fingerprint density at radius 3 is 1.86 bits per heavy atom. The summed E-state index contributed by atoms with van der Waals surface area (Å²) in [6.07, 6.45) is 34.3. The summed E-state index contributed by atoms with van der Waals surface area (Å²) in [5.74, 6) is 0. The van der Waals surface area contributed by atoms with E-state index < -0.39 is 0 Å². The highest BCUT2D eigenvalue weighted by molar-refractivity contribution is 6.31. The van der Waals surface area contributed by atoms with Gasteiger partial charge in [-0.25, -0.2) is 0 Å². The number of nitrogens with zero attached hydrogens (tertiary/aromatic N) is 2. The molecule has 0 N–H and O–H groups in total. The van der Waals surface area contributed by atoms with E-state index in [0.29, 0.717) is 0 Å². The minimum absolute atomic E-state index is 0.988. The topological polar surface area (TPSA) is 24.7 Å². The average molecular weight is 599 g/mol. The molecule has 0 radical (unpaired) electrons. The van der Waals surface area contributed by atoms with E-state index in [2.05, 4.69) is 88.5 Å². The second-order valence-electron chi connectivity index (χ2n) is 12.7. The first-order valence-electron chi connectivity index (χ1n) is 18.7. The highest BCUT2D eigenvalue weighted by Gasteiger charge is 2.06. The highest BCUT2D eigenvalue weighted by atomic mass is 14.8. The van der Waals surface area contributed by atoms with E-state index >= 15 is 0 Å². The lowest BCUT2D eigenvalue weighted by Crippen LogP contribution is -2.01. The molecule has 0 bridgehead atoms. The molecule has 0 amide bonds. The molecule has 0 aliphatic rings. The van der Waals surface area contributed by atoms with Crippen molar-refractivity contribution in [2.24, 2.45) is 9.98 Å². The molecule has 0 spiro atoms. The Morgan fingerprint density at radius 1 is 0.545 bits per heavy atom. The lowest BCUT2D eigenvalue weighted by molar-refractivity contribution is 0.616. The minimum atomic E-state index is 0.988. The van der Waals surface area contributed by atoms with Gasteiger partial charge < -0.3 is 0 Å². The Bertz CT molecular complexity index is 1080. The van der Waals surface area contributed by atoms with Gasteiger partial charge in [-0.05, 0) is 106 Å². The first-order valence-corrected chi connectivity index (χ1v) is 18.7. The zero-order valence-electron chi connectivity index (χ0n) is 29.2. The SMILES string of the molecule is CCCCCCC/C=C/CCCc1ccccc1N=C(C=Nc1ccc(CCCC)c(CCCC)c1)CCCCCCCC. The standard InChI is InChI=1S/C42H66N2/c1-5-9-13-15-17-18-19-20-21-23-29-38-30-25-26-32-42(38)44-41(31-24-22-16-14-10-6-2)36-43-40-34-33-37(27-11-7-3)39(35-40)28-12-8-4/h19-20,25-26,30,32-36H,5-18,21-24,27-29,31H2,1-4H3/b20-19+,43-36?,44-41?. The van der Waals surface area contributed by atoms with Crippen molar-refractivity contribution >= 4 is 23.3 Å². The summed E-state index contributed by atoms with van der Waals surface area (Å²) in [5.41, 5.74) is 7.66. The maximum atomic E-state index is 5.25. The Morgan fingerprint density at radius 2 is 1.14 bits per heavy atom. The quantitative estimate of drug-likeness (QED) is 0.0584. The van der Waals surface area contributed by atoms with E-state index in [9.17, 15) is 0 Å². The maximum Gasteiger partial charge on any atom is 0.0665 e. The van der Waals surface area contributed by atoms with Crippen molar-refractivity contribution in [1.29, 1.82) is 0 Å². The summed E-state index contributed by atoms with van der Waals surface area (Å²) in [7, 11) is 0. The fraction of sp³-hybridized carbons (Fsp3) is 0.619. The first-order chi connectivity index (χ1) is 21.7. The molecule has 244 valence electrons. The van der Waals surface area contributed by atoms with Gasteiger partial charge in [0.1, 0.15) is 0 Å². The molecule has 0 unspecified atom stereocenters. The predicted molar refractivity (Wildman–Crippen MR) is 199 cm³/mol. The zero-order valence-corrected chi connectivity index (χ0v) is 29.2. The first kappa shape index (κ1) is 37.7. The third-order valence-electron chi connectivity index (χ3n) is 8.65. The fourth-order valence-electron chi connectivity index (χ4n) is 5.79. The van der Waals surface area contributed by atoms with Crippen LogP contribution in [-0.2, 0) is 19.3 Å². The number of allylic oxidation sites excluding steroid dienone is 2. The maximum absolute atomic E-state index is 5.25. The van der Waals surface area contributed by atoms with Gasteiger partial charge in [0.2, 0.25) is 0 Å². The minimum Gasteiger partial charge on any atom is -0.255 e. The van der Waals surface area contributed by atoms with Gasteiger partial charge in [-0.2, -0.15) is 0 Å². The van der Waals surface area contributed by atoms with E-state index in [-0.39, 0.29) is 0 Å². The van der Waals surface area contributed by atoms with Crippen LogP contribution in [0.4, 0.5) is 11.4 Å². The lowest BCUT2D eigenvalue weighted by atomic mass is 9.97. The molecular formula is C42H66N2. The van der Waals surface area contributed by atoms with Crippen LogP contribution in [0, 0.1) is 0 Å². The molecule has 2 heteroatoms. The lowest BCUT2D eigenvalue weighted by Gasteiger charge is -2.10. The summed E-state index contributed by atoms with van der Waals surface area (Å²) < 4.78 is 0. The van der Waals surface area contributed by atoms with E-state index in [1.54, 1.807) is 0 Å². The third kappa shape index (κ3) is 17.1. The number of aliphatic imine (C=N–C) groups is 2. The third-order valence-corrected chi connectivity index (χ3v) is 8.65. The number of benzene rings is 2. The van der Waals surface area contributed by atoms with Crippen molar-refractivity contribution in [2.75, 3.05) is 0 Å². The second kappa shape index (κ2) is 25.8. The number of unbranched alkanes of at least 4 members (excludes halogenated alkanes) is 13. The van der Waals surface area contributed by atoms with E-state index in [0.717, 1.165) is 42.8 Å². The van der Waals surface area contributed by atoms with Crippen LogP contribution in [0.2, 0.25) is 0 Å². The molecule has 0 aromatic heterocycles. The second-order valence-corrected chi connectivity index (χ2v) is 12.7. The molecule has 2 aromatic rings. The van der Waals surface area contributed by atoms with Gasteiger partial charge in [0.05, 0.1) is 17.1 Å². The molecule has 0 aliphatic heterocycles. The predicted octanol–water partition coefficient (Wildman–Crippen LogP) is 13.8. The molecule has 44 heavy (non-hydrogen) atoms. The summed E-state index contributed by atoms with van der Waals surface area (Å²) in [5, 5.41) is 0. The Balaban J connectivity index is 2.12. The van der Waals surface area contributed by atoms with E-state index in [1.165, 1.54) is 132 Å². The fourth-order valence-corrected chi connectivity index (χ4v) is 5.79. The largest absolute Gasteiger partial charge is 0.255 e. The Hall–Kier alpha value is -2.48. The van der Waals surface area contributed by atoms with Crippen LogP contribution in [0.25, 0.3) is 0 Å². The molecule has 2 rings (SSSR count). The molecule has 0 fully saturated rings. The van der Waals surface area contributed by atoms with E-state index in [1.807, 2.05) is 0 Å². The normalized spacial score (nSPS) is 12.2. The van der Waals surface area contributed by atoms with Gasteiger partial charge in [-0.15, -0.1) is 0 Å². The molecular weight excluding hydrogens is 532 g/mol. The average Bonchev–Trinajstić information content (AvgIpc) is 3.05. The Kier molecular flexibility index (Phi) is 22.1. The zero-order chi connectivity index (χ0) is 31.5. The van der Waals surface area contributed by atoms with Crippen molar-refractivity contribution in [3.63, 3.8) is 0 Å². The molecule has 0 aliphatic carbocycles. The van der Waals surface area contributed by atoms with Crippen LogP contribution in [0.15, 0.2) is 64.6 Å². The summed E-state index contributed by atoms with van der Waals surface area (Å²) in [6.45, 7) is 9.13. The molecule has 0 atom stereocenters. The van der Waals surface area contributed by atoms with Crippen LogP contribution < -0.4 is 0 Å². The molecule has 0 saturated heterocycles. The van der Waals surface area contributed by atoms with Gasteiger partial charge >= 0.3 is 0 Å². The van der Waals surface area contributed by atoms with Crippen molar-refractivity contribution in [1.82, 2.24) is 0 Å². The molecule has 2 aromatic carbocycles. The Labute approximate surface area is 273 Å². The van der Waals surface area contributed by atoms with Crippen molar-refractivity contribution < 1.29 is 0 Å². The number of para-hydroxylation sites is 1. The van der Waals surface area contributed by atoms with Crippen molar-refractivity contribution in [2.45, 2.75) is 169 Å². The van der Waals surface area contributed by atoms with Crippen molar-refractivity contribution in [3.8, 4) is 0 Å². The smallest absolute Gasteiger partial charge is 0.0665 e. The summed E-state index contributed by atoms with van der Waals surface area (Å²) in [4.78, 5) is 10.3. The molecule has 0 saturated carbocycles. The van der Waals surface area contributed by atoms with E-state index in [4.69, 9.17) is 9.98 Å². The number of hydrogen-bond donors (Lipinski definition) is 0. The monoisotopic (exact) mass is 599 g/mol. The van der Waals surface area contributed by atoms with Gasteiger partial charge in [0.15, 0.2) is 0 Å². The van der Waals surface area contributed by atoms with Crippen molar-refractivity contribution in [3.05, 3.63) is 71.3 Å². The van der Waals surface area contributed by atoms with Crippen LogP contribution >= 0.6 is 0 Å². The molecule has 0 heterocycles. The van der Waals surface area contributed by atoms with Gasteiger partial charge in [0.25, 0.3) is 0 Å². The summed E-state index contributed by atoms with van der Waals surface area (Å²) in [6, 6.07) is 15.6. The number of rotatable bonds is 26. The number of aryl methyl sites for hydroxylation is 3. The van der Waals surface area contributed by atoms with Crippen LogP contribution in [0.5, 0.6) is 0 Å². The van der Waals surface area contributed by atoms with Gasteiger partial charge in [-0.3, -0.25) is 9.98 Å². The number of hydrogen-bond acceptors (Lipinski definition) is 2.